The van der Waals surface area contributed by atoms with Crippen molar-refractivity contribution >= 4 is 91.8 Å². The van der Waals surface area contributed by atoms with E-state index >= 15 is 0 Å². The number of benzene rings is 2. The van der Waals surface area contributed by atoms with E-state index in [4.69, 9.17) is 12.2 Å². The summed E-state index contributed by atoms with van der Waals surface area (Å²) in [5.74, 6) is -1.69. The van der Waals surface area contributed by atoms with Crippen LogP contribution in [0.1, 0.15) is 15.9 Å². The minimum absolute atomic E-state index is 0.0278. The predicted octanol–water partition coefficient (Wildman–Crippen LogP) is 4.03. The van der Waals surface area contributed by atoms with Gasteiger partial charge in [0.25, 0.3) is 5.69 Å². The van der Waals surface area contributed by atoms with Crippen molar-refractivity contribution in [2.75, 3.05) is 5.32 Å². The highest BCUT2D eigenvalue weighted by Gasteiger charge is 2.16. The van der Waals surface area contributed by atoms with E-state index in [0.717, 1.165) is 3.57 Å². The number of carbonyl (C=O) groups excluding carboxylic acids is 1. The third kappa shape index (κ3) is 6.20. The SMILES string of the molecule is O=C(C=Cc1cccc([N+](=O)[O-])c1)NC(=S)Nc1c(I)cc(I)cc1C(=O)O. The van der Waals surface area contributed by atoms with Gasteiger partial charge in [-0.25, -0.2) is 4.79 Å². The quantitative estimate of drug-likeness (QED) is 0.151. The van der Waals surface area contributed by atoms with Gasteiger partial charge in [-0.15, -0.1) is 0 Å². The number of aromatic carboxylic acids is 1. The number of rotatable bonds is 5. The van der Waals surface area contributed by atoms with E-state index in [-0.39, 0.29) is 22.1 Å². The van der Waals surface area contributed by atoms with E-state index in [1.54, 1.807) is 12.1 Å². The number of thiocarbonyl (C=S) groups is 1. The van der Waals surface area contributed by atoms with Gasteiger partial charge in [-0.3, -0.25) is 20.2 Å². The number of carbonyl (C=O) groups is 2. The molecule has 0 fully saturated rings. The van der Waals surface area contributed by atoms with E-state index in [2.05, 4.69) is 10.6 Å². The normalized spacial score (nSPS) is 10.5. The number of anilines is 1. The van der Waals surface area contributed by atoms with Gasteiger partial charge in [0.05, 0.1) is 16.2 Å². The van der Waals surface area contributed by atoms with Gasteiger partial charge in [-0.05, 0) is 81.2 Å². The van der Waals surface area contributed by atoms with Crippen LogP contribution in [-0.4, -0.2) is 27.0 Å². The maximum atomic E-state index is 12.0. The largest absolute Gasteiger partial charge is 0.478 e. The molecule has 0 heterocycles. The Bertz CT molecular complexity index is 1010. The van der Waals surface area contributed by atoms with Gasteiger partial charge in [0.15, 0.2) is 5.11 Å². The topological polar surface area (TPSA) is 122 Å². The second-order valence-electron chi connectivity index (χ2n) is 5.24. The minimum atomic E-state index is -1.13. The summed E-state index contributed by atoms with van der Waals surface area (Å²) in [5, 5.41) is 25.2. The van der Waals surface area contributed by atoms with Gasteiger partial charge in [0.2, 0.25) is 5.91 Å². The molecule has 2 aromatic carbocycles. The molecule has 144 valence electrons. The highest BCUT2D eigenvalue weighted by molar-refractivity contribution is 14.1. The Balaban J connectivity index is 2.08. The average Bonchev–Trinajstić information content (AvgIpc) is 2.62. The second-order valence-corrected chi connectivity index (χ2v) is 8.06. The minimum Gasteiger partial charge on any atom is -0.478 e. The fourth-order valence-electron chi connectivity index (χ4n) is 2.08. The molecule has 11 heteroatoms. The summed E-state index contributed by atoms with van der Waals surface area (Å²) in [6.45, 7) is 0. The van der Waals surface area contributed by atoms with E-state index in [0.29, 0.717) is 9.13 Å². The Hall–Kier alpha value is -2.13. The number of non-ortho nitro benzene ring substituents is 1. The number of carboxylic acids is 1. The highest BCUT2D eigenvalue weighted by atomic mass is 127. The number of amides is 1. The average molecular weight is 623 g/mol. The Morgan fingerprint density at radius 3 is 2.57 bits per heavy atom. The number of hydrogen-bond acceptors (Lipinski definition) is 5. The number of nitro groups is 1. The molecule has 2 rings (SSSR count). The Morgan fingerprint density at radius 2 is 1.93 bits per heavy atom. The smallest absolute Gasteiger partial charge is 0.337 e. The van der Waals surface area contributed by atoms with Crippen molar-refractivity contribution in [3.63, 3.8) is 0 Å². The van der Waals surface area contributed by atoms with Crippen LogP contribution < -0.4 is 10.6 Å². The predicted molar refractivity (Wildman–Crippen MR) is 125 cm³/mol. The summed E-state index contributed by atoms with van der Waals surface area (Å²) in [7, 11) is 0. The Kier molecular flexibility index (Phi) is 7.82. The molecular weight excluding hydrogens is 612 g/mol. The summed E-state index contributed by atoms with van der Waals surface area (Å²) in [6, 6.07) is 9.05. The van der Waals surface area contributed by atoms with Crippen LogP contribution in [0.5, 0.6) is 0 Å². The second kappa shape index (κ2) is 9.88. The number of nitro benzene ring substituents is 1. The first-order chi connectivity index (χ1) is 13.2. The lowest BCUT2D eigenvalue weighted by Gasteiger charge is -2.13. The summed E-state index contributed by atoms with van der Waals surface area (Å²) in [4.78, 5) is 33.7. The first kappa shape index (κ1) is 22.2. The molecule has 0 bridgehead atoms. The van der Waals surface area contributed by atoms with E-state index in [9.17, 15) is 24.8 Å². The van der Waals surface area contributed by atoms with Crippen LogP contribution in [0.25, 0.3) is 6.08 Å². The van der Waals surface area contributed by atoms with E-state index in [1.165, 1.54) is 36.4 Å². The summed E-state index contributed by atoms with van der Waals surface area (Å²) in [6.07, 6.45) is 2.58. The number of nitrogens with one attached hydrogen (secondary N) is 2. The van der Waals surface area contributed by atoms with Gasteiger partial charge in [-0.2, -0.15) is 0 Å². The van der Waals surface area contributed by atoms with Gasteiger partial charge >= 0.3 is 5.97 Å². The van der Waals surface area contributed by atoms with E-state index in [1.807, 2.05) is 45.2 Å². The van der Waals surface area contributed by atoms with Crippen molar-refractivity contribution in [3.8, 4) is 0 Å². The fraction of sp³-hybridized carbons (Fsp3) is 0. The molecular formula is C17H11I2N3O5S. The number of halogens is 2. The molecule has 0 aromatic heterocycles. The third-order valence-corrected chi connectivity index (χ3v) is 4.95. The van der Waals surface area contributed by atoms with Crippen molar-refractivity contribution in [1.82, 2.24) is 5.32 Å². The number of hydrogen-bond donors (Lipinski definition) is 3. The molecule has 0 aliphatic carbocycles. The monoisotopic (exact) mass is 623 g/mol. The summed E-state index contributed by atoms with van der Waals surface area (Å²) in [5.41, 5.74) is 0.694. The van der Waals surface area contributed by atoms with Crippen LogP contribution in [0, 0.1) is 17.3 Å². The lowest BCUT2D eigenvalue weighted by molar-refractivity contribution is -0.384. The molecule has 0 saturated heterocycles. The maximum absolute atomic E-state index is 12.0. The van der Waals surface area contributed by atoms with Gasteiger partial charge in [-0.1, -0.05) is 12.1 Å². The summed E-state index contributed by atoms with van der Waals surface area (Å²) < 4.78 is 1.38. The molecule has 28 heavy (non-hydrogen) atoms. The zero-order valence-electron chi connectivity index (χ0n) is 13.8. The molecule has 0 unspecified atom stereocenters. The fourth-order valence-corrected chi connectivity index (χ4v) is 4.26. The Labute approximate surface area is 191 Å². The van der Waals surface area contributed by atoms with Gasteiger partial charge in [0.1, 0.15) is 0 Å². The number of carboxylic acid groups (broad SMARTS) is 1. The first-order valence-corrected chi connectivity index (χ1v) is 10.0. The standard InChI is InChI=1S/C17H11I2N3O5S/c18-10-7-12(16(24)25)15(13(19)8-10)21-17(28)20-14(23)5-4-9-2-1-3-11(6-9)22(26)27/h1-8H,(H,24,25)(H2,20,21,23,28). The lowest BCUT2D eigenvalue weighted by atomic mass is 10.2. The molecule has 0 saturated carbocycles. The third-order valence-electron chi connectivity index (χ3n) is 3.27. The van der Waals surface area contributed by atoms with Crippen molar-refractivity contribution in [1.29, 1.82) is 0 Å². The molecule has 0 atom stereocenters. The molecule has 0 spiro atoms. The molecule has 0 aliphatic rings. The van der Waals surface area contributed by atoms with Crippen molar-refractivity contribution in [2.24, 2.45) is 0 Å². The van der Waals surface area contributed by atoms with Crippen LogP contribution in [-0.2, 0) is 4.79 Å². The molecule has 1 amide bonds. The van der Waals surface area contributed by atoms with Crippen molar-refractivity contribution in [2.45, 2.75) is 0 Å². The first-order valence-electron chi connectivity index (χ1n) is 7.44. The van der Waals surface area contributed by atoms with Crippen molar-refractivity contribution < 1.29 is 19.6 Å². The number of nitrogens with zero attached hydrogens (tertiary/aromatic N) is 1. The van der Waals surface area contributed by atoms with Gasteiger partial charge < -0.3 is 10.4 Å². The Morgan fingerprint density at radius 1 is 1.21 bits per heavy atom. The summed E-state index contributed by atoms with van der Waals surface area (Å²) >= 11 is 9.05. The molecule has 0 aliphatic heterocycles. The van der Waals surface area contributed by atoms with Crippen LogP contribution in [0.15, 0.2) is 42.5 Å². The molecule has 8 nitrogen and oxygen atoms in total. The van der Waals surface area contributed by atoms with Crippen LogP contribution in [0.3, 0.4) is 0 Å². The van der Waals surface area contributed by atoms with Gasteiger partial charge in [0, 0.05) is 25.3 Å². The van der Waals surface area contributed by atoms with Crippen molar-refractivity contribution in [3.05, 3.63) is 70.9 Å². The zero-order valence-corrected chi connectivity index (χ0v) is 18.9. The van der Waals surface area contributed by atoms with Crippen LogP contribution in [0.4, 0.5) is 11.4 Å². The lowest BCUT2D eigenvalue weighted by Crippen LogP contribution is -2.33. The molecule has 3 N–H and O–H groups in total. The zero-order chi connectivity index (χ0) is 20.8. The van der Waals surface area contributed by atoms with Crippen LogP contribution in [0.2, 0.25) is 0 Å². The van der Waals surface area contributed by atoms with E-state index < -0.39 is 16.8 Å². The molecule has 2 aromatic rings. The highest BCUT2D eigenvalue weighted by Crippen LogP contribution is 2.26. The molecule has 0 radical (unpaired) electrons. The maximum Gasteiger partial charge on any atom is 0.337 e. The van der Waals surface area contributed by atoms with Crippen LogP contribution >= 0.6 is 57.4 Å².